The third-order valence-electron chi connectivity index (χ3n) is 3.66. The lowest BCUT2D eigenvalue weighted by molar-refractivity contribution is -0.167. The molecule has 1 fully saturated rings. The van der Waals surface area contributed by atoms with Crippen LogP contribution in [-0.4, -0.2) is 11.7 Å². The Bertz CT molecular complexity index is 565. The van der Waals surface area contributed by atoms with Gasteiger partial charge in [-0.05, 0) is 37.3 Å². The van der Waals surface area contributed by atoms with Gasteiger partial charge in [-0.15, -0.1) is 11.3 Å². The molecule has 0 aliphatic heterocycles. The van der Waals surface area contributed by atoms with Crippen LogP contribution in [0.2, 0.25) is 0 Å². The molecule has 1 nitrogen and oxygen atoms in total. The van der Waals surface area contributed by atoms with Crippen molar-refractivity contribution in [3.63, 3.8) is 0 Å². The first-order chi connectivity index (χ1) is 8.91. The van der Waals surface area contributed by atoms with Gasteiger partial charge in [0.15, 0.2) is 0 Å². The van der Waals surface area contributed by atoms with Crippen LogP contribution in [0.3, 0.4) is 0 Å². The molecule has 1 heterocycles. The van der Waals surface area contributed by atoms with Crippen LogP contribution in [-0.2, 0) is 0 Å². The molecule has 102 valence electrons. The fourth-order valence-corrected chi connectivity index (χ4v) is 3.40. The van der Waals surface area contributed by atoms with E-state index < -0.39 is 11.7 Å². The Labute approximate surface area is 113 Å². The number of halogens is 3. The second-order valence-corrected chi connectivity index (χ2v) is 6.25. The van der Waals surface area contributed by atoms with Crippen molar-refractivity contribution in [1.82, 2.24) is 5.32 Å². The first kappa shape index (κ1) is 12.9. The summed E-state index contributed by atoms with van der Waals surface area (Å²) in [7, 11) is 0. The first-order valence-electron chi connectivity index (χ1n) is 6.24. The summed E-state index contributed by atoms with van der Waals surface area (Å²) in [6, 6.07) is 9.56. The summed E-state index contributed by atoms with van der Waals surface area (Å²) >= 11 is 1.55. The molecule has 0 bridgehead atoms. The normalized spacial score (nSPS) is 19.6. The van der Waals surface area contributed by atoms with Gasteiger partial charge in [-0.25, -0.2) is 0 Å². The lowest BCUT2D eigenvalue weighted by Crippen LogP contribution is -2.45. The number of hydrogen-bond donors (Lipinski definition) is 1. The molecule has 1 unspecified atom stereocenters. The molecule has 1 aromatic heterocycles. The monoisotopic (exact) mass is 285 g/mol. The van der Waals surface area contributed by atoms with E-state index in [9.17, 15) is 13.2 Å². The summed E-state index contributed by atoms with van der Waals surface area (Å²) in [5, 5.41) is 3.86. The Morgan fingerprint density at radius 3 is 2.53 bits per heavy atom. The number of rotatable bonds is 3. The molecule has 0 radical (unpaired) electrons. The second-order valence-electron chi connectivity index (χ2n) is 5.13. The maximum absolute atomic E-state index is 12.9. The van der Waals surface area contributed by atoms with Crippen LogP contribution in [0.5, 0.6) is 0 Å². The Hall–Kier alpha value is -1.07. The second kappa shape index (κ2) is 4.21. The molecular weight excluding hydrogens is 271 g/mol. The van der Waals surface area contributed by atoms with Gasteiger partial charge in [-0.2, -0.15) is 13.2 Å². The summed E-state index contributed by atoms with van der Waals surface area (Å²) in [4.78, 5) is 0.955. The fourth-order valence-electron chi connectivity index (χ4n) is 2.34. The van der Waals surface area contributed by atoms with Gasteiger partial charge in [0.2, 0.25) is 0 Å². The first-order valence-corrected chi connectivity index (χ1v) is 7.06. The van der Waals surface area contributed by atoms with Crippen LogP contribution in [0.4, 0.5) is 13.2 Å². The van der Waals surface area contributed by atoms with Crippen LogP contribution in [0.25, 0.3) is 10.1 Å². The van der Waals surface area contributed by atoms with Crippen LogP contribution < -0.4 is 5.32 Å². The number of alkyl halides is 3. The highest BCUT2D eigenvalue weighted by Gasteiger charge is 2.63. The van der Waals surface area contributed by atoms with Crippen molar-refractivity contribution in [3.8, 4) is 0 Å². The van der Waals surface area contributed by atoms with Gasteiger partial charge < -0.3 is 0 Å². The summed E-state index contributed by atoms with van der Waals surface area (Å²) in [6.07, 6.45) is -3.78. The number of nitrogens with one attached hydrogen (secondary N) is 1. The predicted octanol–water partition coefficient (Wildman–Crippen LogP) is 4.65. The molecule has 19 heavy (non-hydrogen) atoms. The standard InChI is InChI=1S/C14H14F3NS/c1-9(18-13(6-7-13)14(15,16)17)12-8-10-4-2-3-5-11(10)19-12/h2-5,8-9,18H,6-7H2,1H3. The van der Waals surface area contributed by atoms with Gasteiger partial charge in [0.05, 0.1) is 0 Å². The van der Waals surface area contributed by atoms with Crippen molar-refractivity contribution in [2.45, 2.75) is 37.5 Å². The van der Waals surface area contributed by atoms with Crippen molar-refractivity contribution in [1.29, 1.82) is 0 Å². The van der Waals surface area contributed by atoms with Gasteiger partial charge in [0.25, 0.3) is 0 Å². The Morgan fingerprint density at radius 2 is 1.95 bits per heavy atom. The molecule has 1 aliphatic rings. The zero-order chi connectivity index (χ0) is 13.7. The summed E-state index contributed by atoms with van der Waals surface area (Å²) in [5.74, 6) is 0. The molecule has 1 aromatic carbocycles. The van der Waals surface area contributed by atoms with Gasteiger partial charge in [-0.3, -0.25) is 5.32 Å². The van der Waals surface area contributed by atoms with E-state index in [4.69, 9.17) is 0 Å². The topological polar surface area (TPSA) is 12.0 Å². The summed E-state index contributed by atoms with van der Waals surface area (Å²) in [6.45, 7) is 1.80. The number of thiophene rings is 1. The quantitative estimate of drug-likeness (QED) is 0.865. The van der Waals surface area contributed by atoms with E-state index in [0.29, 0.717) is 0 Å². The third kappa shape index (κ3) is 2.25. The maximum Gasteiger partial charge on any atom is 0.406 e. The van der Waals surface area contributed by atoms with Crippen molar-refractivity contribution in [2.24, 2.45) is 0 Å². The zero-order valence-electron chi connectivity index (χ0n) is 10.4. The molecule has 1 N–H and O–H groups in total. The van der Waals surface area contributed by atoms with Gasteiger partial charge in [-0.1, -0.05) is 18.2 Å². The molecule has 1 atom stereocenters. The Morgan fingerprint density at radius 1 is 1.26 bits per heavy atom. The van der Waals surface area contributed by atoms with E-state index in [1.807, 2.05) is 30.3 Å². The molecule has 2 aromatic rings. The molecule has 0 spiro atoms. The van der Waals surface area contributed by atoms with Crippen LogP contribution >= 0.6 is 11.3 Å². The maximum atomic E-state index is 12.9. The minimum absolute atomic E-state index is 0.186. The Balaban J connectivity index is 1.83. The molecule has 1 saturated carbocycles. The molecule has 1 aliphatic carbocycles. The van der Waals surface area contributed by atoms with E-state index >= 15 is 0 Å². The van der Waals surface area contributed by atoms with E-state index in [-0.39, 0.29) is 18.9 Å². The van der Waals surface area contributed by atoms with Crippen molar-refractivity contribution in [3.05, 3.63) is 35.2 Å². The number of fused-ring (bicyclic) bond motifs is 1. The SMILES string of the molecule is CC(NC1(C(F)(F)F)CC1)c1cc2ccccc2s1. The Kier molecular flexibility index (Phi) is 2.87. The van der Waals surface area contributed by atoms with Crippen LogP contribution in [0, 0.1) is 0 Å². The third-order valence-corrected chi connectivity index (χ3v) is 4.96. The highest BCUT2D eigenvalue weighted by Crippen LogP contribution is 2.50. The number of benzene rings is 1. The molecule has 5 heteroatoms. The minimum Gasteiger partial charge on any atom is -0.296 e. The van der Waals surface area contributed by atoms with Crippen LogP contribution in [0.1, 0.15) is 30.7 Å². The van der Waals surface area contributed by atoms with Crippen molar-refractivity contribution >= 4 is 21.4 Å². The zero-order valence-corrected chi connectivity index (χ0v) is 11.2. The average molecular weight is 285 g/mol. The van der Waals surface area contributed by atoms with Crippen LogP contribution in [0.15, 0.2) is 30.3 Å². The van der Waals surface area contributed by atoms with E-state index in [2.05, 4.69) is 5.32 Å². The largest absolute Gasteiger partial charge is 0.406 e. The molecule has 0 amide bonds. The van der Waals surface area contributed by atoms with Gasteiger partial charge >= 0.3 is 6.18 Å². The minimum atomic E-state index is -4.15. The van der Waals surface area contributed by atoms with Crippen molar-refractivity contribution < 1.29 is 13.2 Å². The molecule has 0 saturated heterocycles. The van der Waals surface area contributed by atoms with Crippen molar-refractivity contribution in [2.75, 3.05) is 0 Å². The fraction of sp³-hybridized carbons (Fsp3) is 0.429. The smallest absolute Gasteiger partial charge is 0.296 e. The average Bonchev–Trinajstić information content (AvgIpc) is 3.00. The van der Waals surface area contributed by atoms with E-state index in [1.54, 1.807) is 18.3 Å². The van der Waals surface area contributed by atoms with Gasteiger partial charge in [0.1, 0.15) is 5.54 Å². The highest BCUT2D eigenvalue weighted by atomic mass is 32.1. The molecular formula is C14H14F3NS. The number of hydrogen-bond acceptors (Lipinski definition) is 2. The van der Waals surface area contributed by atoms with E-state index in [1.165, 1.54) is 0 Å². The highest BCUT2D eigenvalue weighted by molar-refractivity contribution is 7.19. The molecule has 3 rings (SSSR count). The van der Waals surface area contributed by atoms with E-state index in [0.717, 1.165) is 15.0 Å². The predicted molar refractivity (Wildman–Crippen MR) is 71.4 cm³/mol. The summed E-state index contributed by atoms with van der Waals surface area (Å²) in [5.41, 5.74) is -1.65. The summed E-state index contributed by atoms with van der Waals surface area (Å²) < 4.78 is 39.9. The lowest BCUT2D eigenvalue weighted by Gasteiger charge is -2.24. The van der Waals surface area contributed by atoms with Gasteiger partial charge in [0, 0.05) is 15.6 Å². The lowest BCUT2D eigenvalue weighted by atomic mass is 10.1.